The van der Waals surface area contributed by atoms with Crippen molar-refractivity contribution in [1.82, 2.24) is 14.7 Å². The molecule has 108 valence electrons. The standard InChI is InChI=1S/C11H13ClN4O2S2/c1-7-14-4-8(19-7)5-16-20(17,18)9-3-10(12)11(13-2)15-6-9/h3-4,6,16H,5H2,1-2H3,(H,13,15). The van der Waals surface area contributed by atoms with Crippen molar-refractivity contribution in [2.45, 2.75) is 18.4 Å². The lowest BCUT2D eigenvalue weighted by molar-refractivity contribution is 0.581. The summed E-state index contributed by atoms with van der Waals surface area (Å²) in [6, 6.07) is 1.36. The minimum absolute atomic E-state index is 0.0303. The van der Waals surface area contributed by atoms with Crippen LogP contribution in [0.15, 0.2) is 23.4 Å². The number of pyridine rings is 1. The Morgan fingerprint density at radius 3 is 2.65 bits per heavy atom. The van der Waals surface area contributed by atoms with E-state index in [2.05, 4.69) is 20.0 Å². The first kappa shape index (κ1) is 15.2. The maximum atomic E-state index is 12.1. The average molecular weight is 333 g/mol. The maximum absolute atomic E-state index is 12.1. The van der Waals surface area contributed by atoms with E-state index in [-0.39, 0.29) is 16.5 Å². The Hall–Kier alpha value is -1.22. The summed E-state index contributed by atoms with van der Waals surface area (Å²) in [6.07, 6.45) is 2.91. The van der Waals surface area contributed by atoms with Crippen molar-refractivity contribution < 1.29 is 8.42 Å². The number of aryl methyl sites for hydroxylation is 1. The highest BCUT2D eigenvalue weighted by Gasteiger charge is 2.16. The van der Waals surface area contributed by atoms with Crippen LogP contribution in [-0.4, -0.2) is 25.4 Å². The van der Waals surface area contributed by atoms with Gasteiger partial charge in [0.05, 0.1) is 10.0 Å². The van der Waals surface area contributed by atoms with Crippen molar-refractivity contribution in [3.05, 3.63) is 33.4 Å². The molecule has 9 heteroatoms. The largest absolute Gasteiger partial charge is 0.372 e. The highest BCUT2D eigenvalue weighted by atomic mass is 35.5. The van der Waals surface area contributed by atoms with E-state index < -0.39 is 10.0 Å². The van der Waals surface area contributed by atoms with E-state index in [0.29, 0.717) is 5.82 Å². The topological polar surface area (TPSA) is 84.0 Å². The van der Waals surface area contributed by atoms with E-state index in [1.807, 2.05) is 6.92 Å². The molecule has 0 fully saturated rings. The van der Waals surface area contributed by atoms with Crippen LogP contribution in [0.4, 0.5) is 5.82 Å². The molecule has 0 spiro atoms. The molecule has 0 bridgehead atoms. The number of nitrogens with zero attached hydrogens (tertiary/aromatic N) is 2. The molecule has 2 rings (SSSR count). The lowest BCUT2D eigenvalue weighted by Crippen LogP contribution is -2.23. The number of halogens is 1. The van der Waals surface area contributed by atoms with Crippen LogP contribution in [0.5, 0.6) is 0 Å². The van der Waals surface area contributed by atoms with Crippen molar-refractivity contribution in [3.63, 3.8) is 0 Å². The van der Waals surface area contributed by atoms with Crippen LogP contribution in [-0.2, 0) is 16.6 Å². The zero-order chi connectivity index (χ0) is 14.8. The van der Waals surface area contributed by atoms with Crippen LogP contribution < -0.4 is 10.0 Å². The summed E-state index contributed by atoms with van der Waals surface area (Å²) >= 11 is 7.37. The van der Waals surface area contributed by atoms with E-state index in [9.17, 15) is 8.42 Å². The zero-order valence-electron chi connectivity index (χ0n) is 10.8. The molecule has 20 heavy (non-hydrogen) atoms. The second-order valence-corrected chi connectivity index (χ2v) is 7.42. The number of thiazole rings is 1. The summed E-state index contributed by atoms with van der Waals surface area (Å²) in [6.45, 7) is 2.06. The second-order valence-electron chi connectivity index (χ2n) is 3.92. The highest BCUT2D eigenvalue weighted by molar-refractivity contribution is 7.89. The van der Waals surface area contributed by atoms with Gasteiger partial charge in [-0.3, -0.25) is 0 Å². The predicted molar refractivity (Wildman–Crippen MR) is 79.7 cm³/mol. The molecular formula is C11H13ClN4O2S2. The number of aromatic nitrogens is 2. The number of anilines is 1. The van der Waals surface area contributed by atoms with Gasteiger partial charge >= 0.3 is 0 Å². The molecule has 0 amide bonds. The number of sulfonamides is 1. The molecule has 0 aliphatic carbocycles. The minimum Gasteiger partial charge on any atom is -0.372 e. The van der Waals surface area contributed by atoms with E-state index >= 15 is 0 Å². The zero-order valence-corrected chi connectivity index (χ0v) is 13.2. The summed E-state index contributed by atoms with van der Waals surface area (Å²) in [7, 11) is -1.98. The first-order valence-electron chi connectivity index (χ1n) is 5.66. The summed E-state index contributed by atoms with van der Waals surface area (Å²) in [5.41, 5.74) is 0. The predicted octanol–water partition coefficient (Wildman–Crippen LogP) is 2.02. The molecule has 0 saturated carbocycles. The van der Waals surface area contributed by atoms with Gasteiger partial charge in [-0.25, -0.2) is 23.1 Å². The summed E-state index contributed by atoms with van der Waals surface area (Å²) in [4.78, 5) is 8.89. The molecular weight excluding hydrogens is 320 g/mol. The van der Waals surface area contributed by atoms with Crippen molar-refractivity contribution in [2.75, 3.05) is 12.4 Å². The fourth-order valence-electron chi connectivity index (χ4n) is 1.49. The third-order valence-corrected chi connectivity index (χ3v) is 5.04. The number of hydrogen-bond acceptors (Lipinski definition) is 6. The average Bonchev–Trinajstić information content (AvgIpc) is 2.82. The lowest BCUT2D eigenvalue weighted by Gasteiger charge is -2.07. The Kier molecular flexibility index (Phi) is 4.59. The van der Waals surface area contributed by atoms with Gasteiger partial charge in [0, 0.05) is 30.9 Å². The summed E-state index contributed by atoms with van der Waals surface area (Å²) in [5.74, 6) is 0.434. The number of nitrogens with one attached hydrogen (secondary N) is 2. The smallest absolute Gasteiger partial charge is 0.242 e. The van der Waals surface area contributed by atoms with Crippen LogP contribution >= 0.6 is 22.9 Å². The minimum atomic E-state index is -3.64. The van der Waals surface area contributed by atoms with Crippen molar-refractivity contribution in [1.29, 1.82) is 0 Å². The van der Waals surface area contributed by atoms with Crippen LogP contribution in [0, 0.1) is 6.92 Å². The molecule has 2 aromatic rings. The SMILES string of the molecule is CNc1ncc(S(=O)(=O)NCc2cnc(C)s2)cc1Cl. The van der Waals surface area contributed by atoms with Crippen LogP contribution in [0.1, 0.15) is 9.88 Å². The van der Waals surface area contributed by atoms with E-state index in [0.717, 1.165) is 9.88 Å². The summed E-state index contributed by atoms with van der Waals surface area (Å²) in [5, 5.41) is 3.91. The third-order valence-electron chi connectivity index (χ3n) is 2.47. The fraction of sp³-hybridized carbons (Fsp3) is 0.273. The third kappa shape index (κ3) is 3.45. The maximum Gasteiger partial charge on any atom is 0.242 e. The first-order chi connectivity index (χ1) is 9.42. The molecule has 6 nitrogen and oxygen atoms in total. The van der Waals surface area contributed by atoms with Gasteiger partial charge in [-0.15, -0.1) is 11.3 Å². The molecule has 2 heterocycles. The molecule has 0 radical (unpaired) electrons. The van der Waals surface area contributed by atoms with Crippen molar-refractivity contribution in [2.24, 2.45) is 0 Å². The lowest BCUT2D eigenvalue weighted by atomic mass is 10.4. The van der Waals surface area contributed by atoms with Crippen molar-refractivity contribution in [3.8, 4) is 0 Å². The molecule has 0 saturated heterocycles. The number of hydrogen-bond donors (Lipinski definition) is 2. The van der Waals surface area contributed by atoms with Crippen LogP contribution in [0.25, 0.3) is 0 Å². The normalized spacial score (nSPS) is 11.6. The van der Waals surface area contributed by atoms with Crippen LogP contribution in [0.3, 0.4) is 0 Å². The molecule has 0 unspecified atom stereocenters. The molecule has 0 aliphatic heterocycles. The van der Waals surface area contributed by atoms with Crippen LogP contribution in [0.2, 0.25) is 5.02 Å². The van der Waals surface area contributed by atoms with Gasteiger partial charge in [0.1, 0.15) is 10.7 Å². The highest BCUT2D eigenvalue weighted by Crippen LogP contribution is 2.22. The first-order valence-corrected chi connectivity index (χ1v) is 8.34. The molecule has 0 aliphatic rings. The second kappa shape index (κ2) is 6.04. The van der Waals surface area contributed by atoms with Crippen molar-refractivity contribution >= 4 is 38.8 Å². The molecule has 2 N–H and O–H groups in total. The Bertz CT molecular complexity index is 715. The van der Waals surface area contributed by atoms with Gasteiger partial charge in [-0.05, 0) is 13.0 Å². The van der Waals surface area contributed by atoms with Gasteiger partial charge in [0.25, 0.3) is 0 Å². The monoisotopic (exact) mass is 332 g/mol. The van der Waals surface area contributed by atoms with Gasteiger partial charge in [0.15, 0.2) is 0 Å². The van der Waals surface area contributed by atoms with E-state index in [1.165, 1.54) is 23.6 Å². The Labute approximate surface area is 126 Å². The van der Waals surface area contributed by atoms with Gasteiger partial charge in [-0.1, -0.05) is 11.6 Å². The molecule has 2 aromatic heterocycles. The van der Waals surface area contributed by atoms with E-state index in [1.54, 1.807) is 13.2 Å². The molecule has 0 aromatic carbocycles. The number of rotatable bonds is 5. The quantitative estimate of drug-likeness (QED) is 0.875. The fourth-order valence-corrected chi connectivity index (χ4v) is 3.62. The Morgan fingerprint density at radius 1 is 1.35 bits per heavy atom. The Balaban J connectivity index is 2.15. The Morgan fingerprint density at radius 2 is 2.10 bits per heavy atom. The van der Waals surface area contributed by atoms with E-state index in [4.69, 9.17) is 11.6 Å². The van der Waals surface area contributed by atoms with Gasteiger partial charge in [-0.2, -0.15) is 0 Å². The van der Waals surface area contributed by atoms with Gasteiger partial charge < -0.3 is 5.32 Å². The summed E-state index contributed by atoms with van der Waals surface area (Å²) < 4.78 is 26.7. The molecule has 0 atom stereocenters. The van der Waals surface area contributed by atoms with Gasteiger partial charge in [0.2, 0.25) is 10.0 Å².